The van der Waals surface area contributed by atoms with E-state index in [0.29, 0.717) is 10.0 Å². The van der Waals surface area contributed by atoms with Gasteiger partial charge in [-0.1, -0.05) is 25.3 Å². The van der Waals surface area contributed by atoms with Crippen LogP contribution >= 0.6 is 15.9 Å². The second-order valence-electron chi connectivity index (χ2n) is 4.83. The van der Waals surface area contributed by atoms with Gasteiger partial charge in [-0.05, 0) is 47.3 Å². The molecule has 0 saturated heterocycles. The van der Waals surface area contributed by atoms with Crippen LogP contribution in [0.4, 0.5) is 4.39 Å². The molecule has 16 heavy (non-hydrogen) atoms. The smallest absolute Gasteiger partial charge is 0.142 e. The van der Waals surface area contributed by atoms with Crippen molar-refractivity contribution in [3.05, 3.63) is 33.5 Å². The van der Waals surface area contributed by atoms with E-state index in [-0.39, 0.29) is 5.82 Å². The van der Waals surface area contributed by atoms with Gasteiger partial charge in [-0.15, -0.1) is 0 Å². The van der Waals surface area contributed by atoms with Crippen LogP contribution < -0.4 is 5.73 Å². The molecule has 1 aromatic carbocycles. The first-order chi connectivity index (χ1) is 7.53. The molecule has 1 aliphatic carbocycles. The molecule has 2 N–H and O–H groups in total. The summed E-state index contributed by atoms with van der Waals surface area (Å²) in [5.74, 6) is -0.185. The third-order valence-electron chi connectivity index (χ3n) is 3.45. The van der Waals surface area contributed by atoms with Crippen LogP contribution in [0.1, 0.15) is 43.2 Å². The molecule has 1 aromatic rings. The van der Waals surface area contributed by atoms with Gasteiger partial charge in [-0.3, -0.25) is 0 Å². The Hall–Kier alpha value is -0.410. The molecule has 0 bridgehead atoms. The molecule has 0 heterocycles. The van der Waals surface area contributed by atoms with Gasteiger partial charge in [0.25, 0.3) is 0 Å². The highest BCUT2D eigenvalue weighted by Crippen LogP contribution is 2.38. The Bertz CT molecular complexity index is 397. The van der Waals surface area contributed by atoms with Gasteiger partial charge >= 0.3 is 0 Å². The van der Waals surface area contributed by atoms with Crippen molar-refractivity contribution in [1.82, 2.24) is 0 Å². The maximum absolute atomic E-state index is 14.1. The van der Waals surface area contributed by atoms with Crippen molar-refractivity contribution in [2.24, 2.45) is 5.73 Å². The lowest BCUT2D eigenvalue weighted by molar-refractivity contribution is 0.292. The van der Waals surface area contributed by atoms with E-state index in [2.05, 4.69) is 15.9 Å². The lowest BCUT2D eigenvalue weighted by Gasteiger charge is -2.34. The minimum Gasteiger partial charge on any atom is -0.321 e. The lowest BCUT2D eigenvalue weighted by atomic mass is 9.77. The fraction of sp³-hybridized carbons (Fsp3) is 0.538. The summed E-state index contributed by atoms with van der Waals surface area (Å²) in [5.41, 5.74) is 7.63. The predicted molar refractivity (Wildman–Crippen MR) is 67.8 cm³/mol. The summed E-state index contributed by atoms with van der Waals surface area (Å²) in [4.78, 5) is 0. The van der Waals surface area contributed by atoms with Crippen LogP contribution in [0, 0.1) is 12.7 Å². The van der Waals surface area contributed by atoms with Gasteiger partial charge in [0.2, 0.25) is 0 Å². The van der Waals surface area contributed by atoms with Crippen LogP contribution in [0.25, 0.3) is 0 Å². The first-order valence-electron chi connectivity index (χ1n) is 5.78. The Morgan fingerprint density at radius 3 is 2.50 bits per heavy atom. The van der Waals surface area contributed by atoms with Crippen LogP contribution in [-0.4, -0.2) is 0 Å². The van der Waals surface area contributed by atoms with Crippen molar-refractivity contribution in [3.63, 3.8) is 0 Å². The number of benzene rings is 1. The van der Waals surface area contributed by atoms with E-state index in [4.69, 9.17) is 5.73 Å². The molecule has 0 unspecified atom stereocenters. The van der Waals surface area contributed by atoms with Crippen molar-refractivity contribution in [2.45, 2.75) is 44.6 Å². The van der Waals surface area contributed by atoms with E-state index in [1.165, 1.54) is 6.42 Å². The molecule has 0 aliphatic heterocycles. The quantitative estimate of drug-likeness (QED) is 0.829. The van der Waals surface area contributed by atoms with E-state index in [1.54, 1.807) is 6.07 Å². The first-order valence-corrected chi connectivity index (χ1v) is 6.57. The van der Waals surface area contributed by atoms with Crippen molar-refractivity contribution in [2.75, 3.05) is 0 Å². The van der Waals surface area contributed by atoms with Crippen molar-refractivity contribution in [1.29, 1.82) is 0 Å². The van der Waals surface area contributed by atoms with Crippen molar-refractivity contribution >= 4 is 15.9 Å². The summed E-state index contributed by atoms with van der Waals surface area (Å²) in [6.07, 6.45) is 5.19. The van der Waals surface area contributed by atoms with E-state index in [1.807, 2.05) is 13.0 Å². The summed E-state index contributed by atoms with van der Waals surface area (Å²) >= 11 is 3.26. The van der Waals surface area contributed by atoms with E-state index in [9.17, 15) is 4.39 Å². The maximum atomic E-state index is 14.1. The average molecular weight is 286 g/mol. The molecule has 1 saturated carbocycles. The molecule has 0 radical (unpaired) electrons. The number of hydrogen-bond donors (Lipinski definition) is 1. The number of aryl methyl sites for hydroxylation is 1. The molecule has 1 fully saturated rings. The third kappa shape index (κ3) is 2.16. The lowest BCUT2D eigenvalue weighted by Crippen LogP contribution is -2.39. The van der Waals surface area contributed by atoms with Gasteiger partial charge in [-0.2, -0.15) is 0 Å². The fourth-order valence-electron chi connectivity index (χ4n) is 2.54. The Labute approximate surface area is 104 Å². The molecule has 0 amide bonds. The van der Waals surface area contributed by atoms with Crippen molar-refractivity contribution in [3.8, 4) is 0 Å². The normalized spacial score (nSPS) is 19.8. The second kappa shape index (κ2) is 4.46. The zero-order valence-electron chi connectivity index (χ0n) is 9.52. The third-order valence-corrected chi connectivity index (χ3v) is 4.03. The van der Waals surface area contributed by atoms with Gasteiger partial charge < -0.3 is 5.73 Å². The average Bonchev–Trinajstić information content (AvgIpc) is 2.24. The Morgan fingerprint density at radius 2 is 1.88 bits per heavy atom. The number of rotatable bonds is 1. The molecule has 1 aliphatic rings. The molecule has 3 heteroatoms. The standard InChI is InChI=1S/C13H17BrFN/c1-9-7-10(12(15)11(14)8-9)13(16)5-3-2-4-6-13/h7-8H,2-6,16H2,1H3. The van der Waals surface area contributed by atoms with E-state index in [0.717, 1.165) is 31.2 Å². The summed E-state index contributed by atoms with van der Waals surface area (Å²) < 4.78 is 14.6. The van der Waals surface area contributed by atoms with E-state index >= 15 is 0 Å². The van der Waals surface area contributed by atoms with Gasteiger partial charge in [0.05, 0.1) is 4.47 Å². The van der Waals surface area contributed by atoms with Gasteiger partial charge in [0.15, 0.2) is 0 Å². The van der Waals surface area contributed by atoms with Crippen LogP contribution in [-0.2, 0) is 5.54 Å². The molecular formula is C13H17BrFN. The monoisotopic (exact) mass is 285 g/mol. The minimum atomic E-state index is -0.461. The Morgan fingerprint density at radius 1 is 1.25 bits per heavy atom. The van der Waals surface area contributed by atoms with Crippen LogP contribution in [0.2, 0.25) is 0 Å². The number of halogens is 2. The first kappa shape index (κ1) is 12.1. The molecule has 2 rings (SSSR count). The number of nitrogens with two attached hydrogens (primary N) is 1. The molecule has 1 nitrogen and oxygen atoms in total. The Kier molecular flexibility index (Phi) is 3.36. The number of hydrogen-bond acceptors (Lipinski definition) is 1. The van der Waals surface area contributed by atoms with E-state index < -0.39 is 5.54 Å². The highest BCUT2D eigenvalue weighted by atomic mass is 79.9. The summed E-state index contributed by atoms with van der Waals surface area (Å²) in [6, 6.07) is 3.69. The van der Waals surface area contributed by atoms with Crippen molar-refractivity contribution < 1.29 is 4.39 Å². The molecule has 0 aromatic heterocycles. The van der Waals surface area contributed by atoms with Crippen LogP contribution in [0.15, 0.2) is 16.6 Å². The fourth-order valence-corrected chi connectivity index (χ4v) is 3.11. The summed E-state index contributed by atoms with van der Waals surface area (Å²) in [7, 11) is 0. The second-order valence-corrected chi connectivity index (χ2v) is 5.68. The largest absolute Gasteiger partial charge is 0.321 e. The molecule has 0 spiro atoms. The zero-order valence-corrected chi connectivity index (χ0v) is 11.1. The summed E-state index contributed by atoms with van der Waals surface area (Å²) in [5, 5.41) is 0. The topological polar surface area (TPSA) is 26.0 Å². The molecule has 88 valence electrons. The summed E-state index contributed by atoms with van der Waals surface area (Å²) in [6.45, 7) is 1.97. The highest BCUT2D eigenvalue weighted by molar-refractivity contribution is 9.10. The SMILES string of the molecule is Cc1cc(Br)c(F)c(C2(N)CCCCC2)c1. The Balaban J connectivity index is 2.45. The molecular weight excluding hydrogens is 269 g/mol. The zero-order chi connectivity index (χ0) is 11.8. The highest BCUT2D eigenvalue weighted by Gasteiger charge is 2.32. The minimum absolute atomic E-state index is 0.185. The van der Waals surface area contributed by atoms with Gasteiger partial charge in [-0.25, -0.2) is 4.39 Å². The van der Waals surface area contributed by atoms with Crippen LogP contribution in [0.5, 0.6) is 0 Å². The van der Waals surface area contributed by atoms with Gasteiger partial charge in [0.1, 0.15) is 5.82 Å². The van der Waals surface area contributed by atoms with Gasteiger partial charge in [0, 0.05) is 11.1 Å². The molecule has 0 atom stereocenters. The maximum Gasteiger partial charge on any atom is 0.142 e. The van der Waals surface area contributed by atoms with Crippen LogP contribution in [0.3, 0.4) is 0 Å². The predicted octanol–water partition coefficient (Wildman–Crippen LogP) is 4.01.